The second kappa shape index (κ2) is 25.2. The zero-order valence-electron chi connectivity index (χ0n) is 46.5. The number of aliphatic hydroxyl groups is 1. The lowest BCUT2D eigenvalue weighted by Crippen LogP contribution is -2.01. The third kappa shape index (κ3) is 13.6. The van der Waals surface area contributed by atoms with E-state index in [0.717, 1.165) is 12.1 Å². The molecule has 0 aliphatic carbocycles. The fourth-order valence-corrected chi connectivity index (χ4v) is 11.6. The molecule has 0 saturated carbocycles. The Kier molecular flexibility index (Phi) is 17.7. The van der Waals surface area contributed by atoms with E-state index < -0.39 is 51.6 Å². The van der Waals surface area contributed by atoms with Gasteiger partial charge in [-0.1, -0.05) is 29.3 Å². The Balaban J connectivity index is 0.920. The van der Waals surface area contributed by atoms with Crippen molar-refractivity contribution in [3.63, 3.8) is 0 Å². The number of aromatic hydroxyl groups is 3. The fraction of sp³-hybridized carbons (Fsp3) is 0.103. The first-order valence-corrected chi connectivity index (χ1v) is 30.9. The number of rotatable bonds is 20. The summed E-state index contributed by atoms with van der Waals surface area (Å²) in [5.41, 5.74) is 2.39. The van der Waals surface area contributed by atoms with E-state index in [1.54, 1.807) is 81.4 Å². The third-order valence-corrected chi connectivity index (χ3v) is 16.7. The van der Waals surface area contributed by atoms with Gasteiger partial charge in [0, 0.05) is 39.7 Å². The van der Waals surface area contributed by atoms with Crippen LogP contribution in [0.5, 0.6) is 28.7 Å². The van der Waals surface area contributed by atoms with Crippen molar-refractivity contribution in [3.8, 4) is 28.7 Å². The first kappa shape index (κ1) is 62.4. The van der Waals surface area contributed by atoms with E-state index in [1.807, 2.05) is 0 Å². The molecule has 10 aromatic carbocycles. The summed E-state index contributed by atoms with van der Waals surface area (Å²) in [5.74, 6) is -1.14. The molecule has 0 aliphatic rings. The van der Waals surface area contributed by atoms with Gasteiger partial charge >= 0.3 is 0 Å². The second-order valence-corrected chi connectivity index (χ2v) is 24.5. The molecule has 0 radical (unpaired) electrons. The Morgan fingerprint density at radius 1 is 0.506 bits per heavy atom. The van der Waals surface area contributed by atoms with E-state index in [0.29, 0.717) is 67.6 Å². The number of hydrogen-bond donors (Lipinski definition) is 9. The number of phenols is 3. The number of fused-ring (bicyclic) bond motifs is 4. The largest absolute Gasteiger partial charge is 0.507 e. The smallest absolute Gasteiger partial charge is 0.296 e. The maximum absolute atomic E-state index is 12.9. The average molecular weight is 1290 g/mol. The van der Waals surface area contributed by atoms with Crippen molar-refractivity contribution < 1.29 is 83.4 Å². The van der Waals surface area contributed by atoms with Crippen LogP contribution in [0, 0.1) is 20.8 Å². The van der Waals surface area contributed by atoms with Gasteiger partial charge in [-0.2, -0.15) is 35.5 Å². The number of phenolic OH excluding ortho intramolecular Hbond substituents is 3. The summed E-state index contributed by atoms with van der Waals surface area (Å²) in [6.07, 6.45) is 0. The molecule has 0 atom stereocenters. The number of nitrogens with one attached hydrogen (secondary N) is 1. The fourth-order valence-electron chi connectivity index (χ4n) is 9.38. The SMILES string of the molecule is COc1cc(N=Nc2cc(S(=O)(=O)O)cc3cc(C)cc(O)c23)c(C)cc1N=Nc1c(S(=O)(=O)O)cc2cc(Nc3ccc4c(O)c(N=Nc5cc(C)c(N=Nc6cccc7ccc(S(=O)(=O)O)cc67)cc5OCCO)c(SOOO)cc4c3)ccc2c1O. The summed E-state index contributed by atoms with van der Waals surface area (Å²) >= 11 is 0.474. The average Bonchev–Trinajstić information content (AvgIpc) is 1.08. The molecule has 0 aromatic heterocycles. The Morgan fingerprint density at radius 2 is 1.09 bits per heavy atom. The molecule has 0 fully saturated rings. The molecule has 10 rings (SSSR count). The number of nitrogens with zero attached hydrogens (tertiary/aromatic N) is 8. The number of anilines is 2. The van der Waals surface area contributed by atoms with Crippen molar-refractivity contribution in [2.75, 3.05) is 25.6 Å². The maximum atomic E-state index is 12.9. The van der Waals surface area contributed by atoms with Gasteiger partial charge in [-0.3, -0.25) is 13.7 Å². The highest BCUT2D eigenvalue weighted by Gasteiger charge is 2.24. The zero-order valence-corrected chi connectivity index (χ0v) is 49.8. The molecule has 0 aliphatic heterocycles. The third-order valence-electron chi connectivity index (χ3n) is 13.5. The summed E-state index contributed by atoms with van der Waals surface area (Å²) in [4.78, 5) is -1.53. The monoisotopic (exact) mass is 1290 g/mol. The van der Waals surface area contributed by atoms with Crippen LogP contribution in [0.3, 0.4) is 0 Å². The Labute approximate surface area is 508 Å². The molecule has 27 nitrogen and oxygen atoms in total. The molecule has 0 unspecified atom stereocenters. The van der Waals surface area contributed by atoms with Crippen molar-refractivity contribution >= 4 is 142 Å². The number of hydrogen-bond acceptors (Lipinski definition) is 25. The predicted molar refractivity (Wildman–Crippen MR) is 327 cm³/mol. The van der Waals surface area contributed by atoms with Crippen molar-refractivity contribution in [1.29, 1.82) is 0 Å². The molecule has 31 heteroatoms. The van der Waals surface area contributed by atoms with Crippen LogP contribution < -0.4 is 14.8 Å². The molecule has 0 bridgehead atoms. The van der Waals surface area contributed by atoms with Crippen LogP contribution in [0.15, 0.2) is 194 Å². The van der Waals surface area contributed by atoms with Crippen molar-refractivity contribution in [3.05, 3.63) is 150 Å². The lowest BCUT2D eigenvalue weighted by Gasteiger charge is -2.13. The summed E-state index contributed by atoms with van der Waals surface area (Å²) in [7, 11) is -13.0. The van der Waals surface area contributed by atoms with Gasteiger partial charge in [0.25, 0.3) is 30.4 Å². The van der Waals surface area contributed by atoms with Crippen LogP contribution in [-0.4, -0.2) is 84.9 Å². The van der Waals surface area contributed by atoms with Crippen LogP contribution in [0.4, 0.5) is 56.9 Å². The van der Waals surface area contributed by atoms with E-state index in [-0.39, 0.29) is 101 Å². The summed E-state index contributed by atoms with van der Waals surface area (Å²) in [5, 5.41) is 96.3. The lowest BCUT2D eigenvalue weighted by molar-refractivity contribution is -0.432. The minimum absolute atomic E-state index is 0.0161. The van der Waals surface area contributed by atoms with Gasteiger partial charge in [-0.15, -0.1) is 35.0 Å². The topological polar surface area (TPSA) is 412 Å². The van der Waals surface area contributed by atoms with Gasteiger partial charge in [0.2, 0.25) is 0 Å². The molecule has 0 amide bonds. The number of methoxy groups -OCH3 is 1. The zero-order chi connectivity index (χ0) is 63.7. The predicted octanol–water partition coefficient (Wildman–Crippen LogP) is 15.3. The minimum atomic E-state index is -5.10. The summed E-state index contributed by atoms with van der Waals surface area (Å²) in [6.45, 7) is 4.44. The minimum Gasteiger partial charge on any atom is -0.507 e. The first-order chi connectivity index (χ1) is 42.3. The molecule has 10 aromatic rings. The normalized spacial score (nSPS) is 12.6. The van der Waals surface area contributed by atoms with E-state index >= 15 is 0 Å². The quantitative estimate of drug-likeness (QED) is 0.0112. The van der Waals surface area contributed by atoms with Crippen LogP contribution in [0.2, 0.25) is 0 Å². The highest BCUT2D eigenvalue weighted by Crippen LogP contribution is 2.48. The summed E-state index contributed by atoms with van der Waals surface area (Å²) < 4.78 is 120. The maximum Gasteiger partial charge on any atom is 0.296 e. The second-order valence-electron chi connectivity index (χ2n) is 19.6. The molecule has 456 valence electrons. The molecule has 89 heavy (non-hydrogen) atoms. The number of benzene rings is 10. The lowest BCUT2D eigenvalue weighted by atomic mass is 10.0. The van der Waals surface area contributed by atoms with Gasteiger partial charge in [-0.05, 0) is 156 Å². The van der Waals surface area contributed by atoms with E-state index in [1.165, 1.54) is 67.8 Å². The molecular formula is C58H47N9O18S4. The first-order valence-electron chi connectivity index (χ1n) is 25.8. The van der Waals surface area contributed by atoms with E-state index in [9.17, 15) is 59.3 Å². The highest BCUT2D eigenvalue weighted by atomic mass is 32.2. The van der Waals surface area contributed by atoms with Gasteiger partial charge in [0.05, 0.1) is 68.6 Å². The Bertz CT molecular complexity index is 5030. The summed E-state index contributed by atoms with van der Waals surface area (Å²) in [6, 6.07) is 32.2. The van der Waals surface area contributed by atoms with Crippen molar-refractivity contribution in [2.24, 2.45) is 40.9 Å². The van der Waals surface area contributed by atoms with Gasteiger partial charge in [0.1, 0.15) is 51.5 Å². The Hall–Kier alpha value is -9.64. The van der Waals surface area contributed by atoms with E-state index in [4.69, 9.17) is 19.1 Å². The van der Waals surface area contributed by atoms with Crippen LogP contribution in [0.1, 0.15) is 16.7 Å². The van der Waals surface area contributed by atoms with Gasteiger partial charge in [0.15, 0.2) is 11.5 Å². The number of aliphatic hydroxyl groups excluding tert-OH is 1. The Morgan fingerprint density at radius 3 is 1.71 bits per heavy atom. The number of ether oxygens (including phenoxy) is 2. The van der Waals surface area contributed by atoms with Crippen LogP contribution in [-0.2, 0) is 39.7 Å². The van der Waals surface area contributed by atoms with Crippen molar-refractivity contribution in [2.45, 2.75) is 40.4 Å². The standard InChI is InChI=1S/C58H47N9O18S4/c1-29-16-35-22-39(88(76,77)78)26-48(54(35)49(69)17-29)65-62-44-27-50(82-4)46(18-30(44)2)63-67-56-53(89(79,80)81)24-34-21-37(10-13-41(34)58(56)71)59-36-9-12-40-33(20-36)23-52(86-85-84-72)55(57(40)70)66-64-47-19-31(3)45(28-51(47)83-15-14-68)61-60-43-7-5-6-32-8-11-38(25-42(32)43)87(73,74)75/h5-13,16-28,59,68-72H,14-15H2,1-4H3,(H,73,74,75)(H,76,77,78)(H,79,80,81). The highest BCUT2D eigenvalue weighted by molar-refractivity contribution is 7.94. The molecular weight excluding hydrogens is 1240 g/mol. The van der Waals surface area contributed by atoms with Crippen LogP contribution >= 0.6 is 12.0 Å². The van der Waals surface area contributed by atoms with Gasteiger partial charge < -0.3 is 35.2 Å². The number of aryl methyl sites for hydroxylation is 3. The van der Waals surface area contributed by atoms with Gasteiger partial charge in [-0.25, -0.2) is 5.26 Å². The van der Waals surface area contributed by atoms with Crippen LogP contribution in [0.25, 0.3) is 43.1 Å². The molecule has 0 spiro atoms. The molecule has 0 saturated heterocycles. The number of azo groups is 4. The van der Waals surface area contributed by atoms with Crippen molar-refractivity contribution in [1.82, 2.24) is 0 Å². The molecule has 0 heterocycles. The van der Waals surface area contributed by atoms with E-state index in [2.05, 4.69) is 51.3 Å². The molecule has 9 N–H and O–H groups in total.